The monoisotopic (exact) mass is 392 g/mol. The van der Waals surface area contributed by atoms with Crippen molar-refractivity contribution in [3.8, 4) is 11.5 Å². The third-order valence-corrected chi connectivity index (χ3v) is 4.92. The van der Waals surface area contributed by atoms with Gasteiger partial charge in [-0.05, 0) is 51.1 Å². The number of hydrogen-bond donors (Lipinski definition) is 2. The van der Waals surface area contributed by atoms with Gasteiger partial charge in [-0.15, -0.1) is 0 Å². The van der Waals surface area contributed by atoms with Crippen molar-refractivity contribution in [3.05, 3.63) is 48.0 Å². The lowest BCUT2D eigenvalue weighted by atomic mass is 10.2. The van der Waals surface area contributed by atoms with Crippen molar-refractivity contribution in [2.45, 2.75) is 31.8 Å². The van der Waals surface area contributed by atoms with Crippen molar-refractivity contribution in [2.24, 2.45) is 0 Å². The highest BCUT2D eigenvalue weighted by molar-refractivity contribution is 7.92. The maximum Gasteiger partial charge on any atom is 0.262 e. The Morgan fingerprint density at radius 1 is 1.11 bits per heavy atom. The van der Waals surface area contributed by atoms with Gasteiger partial charge in [0.25, 0.3) is 15.9 Å². The van der Waals surface area contributed by atoms with Gasteiger partial charge in [0.2, 0.25) is 0 Å². The van der Waals surface area contributed by atoms with E-state index in [0.29, 0.717) is 23.7 Å². The first-order valence-electron chi connectivity index (χ1n) is 8.53. The topological polar surface area (TPSA) is 93.7 Å². The van der Waals surface area contributed by atoms with Crippen LogP contribution < -0.4 is 19.5 Å². The molecule has 0 aliphatic rings. The molecule has 0 heterocycles. The van der Waals surface area contributed by atoms with Gasteiger partial charge in [0.1, 0.15) is 11.5 Å². The van der Waals surface area contributed by atoms with Crippen molar-refractivity contribution in [1.29, 1.82) is 0 Å². The number of para-hydroxylation sites is 2. The first-order valence-corrected chi connectivity index (χ1v) is 10.0. The van der Waals surface area contributed by atoms with Crippen LogP contribution >= 0.6 is 0 Å². The Balaban J connectivity index is 2.40. The summed E-state index contributed by atoms with van der Waals surface area (Å²) >= 11 is 0. The number of carbonyl (C=O) groups excluding carboxylic acids is 1. The molecule has 0 saturated carbocycles. The molecule has 0 aromatic heterocycles. The van der Waals surface area contributed by atoms with Gasteiger partial charge in [-0.1, -0.05) is 12.1 Å². The lowest BCUT2D eigenvalue weighted by Gasteiger charge is -2.16. The highest BCUT2D eigenvalue weighted by Gasteiger charge is 2.21. The number of sulfonamides is 1. The van der Waals surface area contributed by atoms with E-state index in [-0.39, 0.29) is 16.6 Å². The summed E-state index contributed by atoms with van der Waals surface area (Å²) in [6.07, 6.45) is -0.110. The van der Waals surface area contributed by atoms with E-state index in [9.17, 15) is 13.2 Å². The number of amides is 1. The van der Waals surface area contributed by atoms with E-state index in [2.05, 4.69) is 10.0 Å². The number of anilines is 1. The van der Waals surface area contributed by atoms with Gasteiger partial charge in [-0.2, -0.15) is 0 Å². The lowest BCUT2D eigenvalue weighted by Crippen LogP contribution is -2.24. The normalized spacial score (nSPS) is 11.1. The molecule has 27 heavy (non-hydrogen) atoms. The zero-order valence-electron chi connectivity index (χ0n) is 15.8. The first kappa shape index (κ1) is 20.6. The second kappa shape index (κ2) is 8.77. The Labute approximate surface area is 159 Å². The fourth-order valence-corrected chi connectivity index (χ4v) is 3.50. The third kappa shape index (κ3) is 5.13. The molecule has 0 bridgehead atoms. The number of rotatable bonds is 8. The van der Waals surface area contributed by atoms with Gasteiger partial charge < -0.3 is 14.8 Å². The fourth-order valence-electron chi connectivity index (χ4n) is 2.40. The molecule has 2 aromatic rings. The summed E-state index contributed by atoms with van der Waals surface area (Å²) in [6.45, 7) is 5.90. The predicted octanol–water partition coefficient (Wildman–Crippen LogP) is 3.03. The fraction of sp³-hybridized carbons (Fsp3) is 0.316. The molecule has 146 valence electrons. The minimum absolute atomic E-state index is 0.0519. The summed E-state index contributed by atoms with van der Waals surface area (Å²) in [4.78, 5) is 12.2. The molecular weight excluding hydrogens is 368 g/mol. The largest absolute Gasteiger partial charge is 0.496 e. The molecule has 0 aliphatic heterocycles. The third-order valence-electron chi connectivity index (χ3n) is 3.56. The zero-order valence-corrected chi connectivity index (χ0v) is 16.6. The number of carbonyl (C=O) groups is 1. The summed E-state index contributed by atoms with van der Waals surface area (Å²) in [5, 5.41) is 2.64. The average Bonchev–Trinajstić information content (AvgIpc) is 2.62. The Morgan fingerprint density at radius 3 is 2.44 bits per heavy atom. The van der Waals surface area contributed by atoms with E-state index >= 15 is 0 Å². The Bertz CT molecular complexity index is 910. The quantitative estimate of drug-likeness (QED) is 0.720. The number of hydrogen-bond acceptors (Lipinski definition) is 5. The van der Waals surface area contributed by atoms with Crippen LogP contribution in [0.3, 0.4) is 0 Å². The Kier molecular flexibility index (Phi) is 6.68. The molecular formula is C19H24N2O5S. The van der Waals surface area contributed by atoms with Gasteiger partial charge in [0.05, 0.1) is 29.4 Å². The van der Waals surface area contributed by atoms with Crippen LogP contribution in [0.2, 0.25) is 0 Å². The van der Waals surface area contributed by atoms with E-state index in [1.807, 2.05) is 13.8 Å². The van der Waals surface area contributed by atoms with Crippen LogP contribution in [-0.4, -0.2) is 34.1 Å². The summed E-state index contributed by atoms with van der Waals surface area (Å²) in [5.41, 5.74) is 0.468. The molecule has 0 spiro atoms. The SMILES string of the molecule is CCNC(=O)c1cc(S(=O)(=O)Nc2ccccc2OC(C)C)ccc1OC. The van der Waals surface area contributed by atoms with Crippen molar-refractivity contribution in [2.75, 3.05) is 18.4 Å². The van der Waals surface area contributed by atoms with Crippen molar-refractivity contribution >= 4 is 21.6 Å². The minimum Gasteiger partial charge on any atom is -0.496 e. The van der Waals surface area contributed by atoms with E-state index in [1.54, 1.807) is 31.2 Å². The Hall–Kier alpha value is -2.74. The summed E-state index contributed by atoms with van der Waals surface area (Å²) in [6, 6.07) is 10.9. The Morgan fingerprint density at radius 2 is 1.81 bits per heavy atom. The van der Waals surface area contributed by atoms with Crippen molar-refractivity contribution in [3.63, 3.8) is 0 Å². The number of ether oxygens (including phenoxy) is 2. The highest BCUT2D eigenvalue weighted by atomic mass is 32.2. The van der Waals surface area contributed by atoms with Crippen molar-refractivity contribution < 1.29 is 22.7 Å². The molecule has 0 aliphatic carbocycles. The molecule has 2 N–H and O–H groups in total. The molecule has 0 radical (unpaired) electrons. The van der Waals surface area contributed by atoms with Crippen LogP contribution in [0.25, 0.3) is 0 Å². The van der Waals surface area contributed by atoms with Crippen LogP contribution in [0, 0.1) is 0 Å². The molecule has 7 nitrogen and oxygen atoms in total. The number of benzene rings is 2. The predicted molar refractivity (Wildman–Crippen MR) is 104 cm³/mol. The number of methoxy groups -OCH3 is 1. The van der Waals surface area contributed by atoms with Crippen LogP contribution in [0.1, 0.15) is 31.1 Å². The van der Waals surface area contributed by atoms with Crippen LogP contribution in [0.5, 0.6) is 11.5 Å². The summed E-state index contributed by atoms with van der Waals surface area (Å²) in [5.74, 6) is 0.312. The molecule has 0 saturated heterocycles. The second-order valence-corrected chi connectivity index (χ2v) is 7.67. The van der Waals surface area contributed by atoms with Crippen LogP contribution in [0.4, 0.5) is 5.69 Å². The zero-order chi connectivity index (χ0) is 20.0. The minimum atomic E-state index is -3.93. The summed E-state index contributed by atoms with van der Waals surface area (Å²) < 4.78 is 39.0. The van der Waals surface area contributed by atoms with E-state index in [1.165, 1.54) is 25.3 Å². The van der Waals surface area contributed by atoms with Gasteiger partial charge in [0, 0.05) is 6.54 Å². The van der Waals surface area contributed by atoms with E-state index in [0.717, 1.165) is 0 Å². The maximum absolute atomic E-state index is 12.8. The average molecular weight is 392 g/mol. The molecule has 0 atom stereocenters. The second-order valence-electron chi connectivity index (χ2n) is 5.99. The smallest absolute Gasteiger partial charge is 0.262 e. The molecule has 1 amide bonds. The standard InChI is InChI=1S/C19H24N2O5S/c1-5-20-19(22)15-12-14(10-11-17(15)25-4)27(23,24)21-16-8-6-7-9-18(16)26-13(2)3/h6-13,21H,5H2,1-4H3,(H,20,22). The molecule has 0 unspecified atom stereocenters. The van der Waals surface area contributed by atoms with Gasteiger partial charge >= 0.3 is 0 Å². The highest BCUT2D eigenvalue weighted by Crippen LogP contribution is 2.29. The molecule has 2 aromatic carbocycles. The summed E-state index contributed by atoms with van der Waals surface area (Å²) in [7, 11) is -2.51. The van der Waals surface area contributed by atoms with E-state index in [4.69, 9.17) is 9.47 Å². The first-order chi connectivity index (χ1) is 12.8. The van der Waals surface area contributed by atoms with Crippen LogP contribution in [-0.2, 0) is 10.0 Å². The van der Waals surface area contributed by atoms with Crippen molar-refractivity contribution in [1.82, 2.24) is 5.32 Å². The molecule has 8 heteroatoms. The van der Waals surface area contributed by atoms with Gasteiger partial charge in [-0.3, -0.25) is 9.52 Å². The van der Waals surface area contributed by atoms with E-state index < -0.39 is 15.9 Å². The van der Waals surface area contributed by atoms with Gasteiger partial charge in [0.15, 0.2) is 0 Å². The maximum atomic E-state index is 12.8. The lowest BCUT2D eigenvalue weighted by molar-refractivity contribution is 0.0952. The van der Waals surface area contributed by atoms with Crippen LogP contribution in [0.15, 0.2) is 47.4 Å². The number of nitrogens with one attached hydrogen (secondary N) is 2. The van der Waals surface area contributed by atoms with Gasteiger partial charge in [-0.25, -0.2) is 8.42 Å². The molecule has 2 rings (SSSR count). The molecule has 0 fully saturated rings.